The molecule has 1 saturated carbocycles. The van der Waals surface area contributed by atoms with Crippen LogP contribution in [-0.4, -0.2) is 50.7 Å². The Hall–Kier alpha value is -0.320. The Kier molecular flexibility index (Phi) is 6.89. The van der Waals surface area contributed by atoms with E-state index < -0.39 is 0 Å². The summed E-state index contributed by atoms with van der Waals surface area (Å²) in [6.07, 6.45) is 1.08. The maximum atomic E-state index is 11.7. The molecule has 0 heterocycles. The predicted octanol–water partition coefficient (Wildman–Crippen LogP) is 0.511. The van der Waals surface area contributed by atoms with Crippen LogP contribution in [0.25, 0.3) is 0 Å². The van der Waals surface area contributed by atoms with Gasteiger partial charge < -0.3 is 15.0 Å². The van der Waals surface area contributed by atoms with Crippen molar-refractivity contribution in [1.29, 1.82) is 0 Å². The maximum Gasteiger partial charge on any atom is 0.228 e. The van der Waals surface area contributed by atoms with Gasteiger partial charge in [-0.2, -0.15) is 0 Å². The number of carbonyl (C=O) groups is 1. The van der Waals surface area contributed by atoms with Gasteiger partial charge in [-0.3, -0.25) is 4.79 Å². The van der Waals surface area contributed by atoms with E-state index in [1.54, 1.807) is 4.90 Å². The summed E-state index contributed by atoms with van der Waals surface area (Å²) in [5, 5.41) is 3.02. The van der Waals surface area contributed by atoms with Gasteiger partial charge in [0.2, 0.25) is 5.91 Å². The molecule has 15 heavy (non-hydrogen) atoms. The summed E-state index contributed by atoms with van der Waals surface area (Å²) in [5.74, 6) is 0.343. The van der Waals surface area contributed by atoms with Crippen LogP contribution in [0, 0.1) is 5.92 Å². The number of carbonyl (C=O) groups excluding carboxylic acids is 1. The third-order valence-corrected chi connectivity index (χ3v) is 2.50. The molecule has 0 aromatic heterocycles. The first kappa shape index (κ1) is 14.7. The number of nitrogens with zero attached hydrogens (tertiary/aromatic N) is 1. The van der Waals surface area contributed by atoms with Crippen LogP contribution in [0.5, 0.6) is 0 Å². The number of nitrogens with one attached hydrogen (secondary N) is 1. The zero-order chi connectivity index (χ0) is 10.6. The van der Waals surface area contributed by atoms with Crippen molar-refractivity contribution < 1.29 is 9.53 Å². The van der Waals surface area contributed by atoms with Gasteiger partial charge in [0.15, 0.2) is 0 Å². The smallest absolute Gasteiger partial charge is 0.228 e. The molecule has 0 bridgehead atoms. The van der Waals surface area contributed by atoms with Gasteiger partial charge in [-0.05, 0) is 20.4 Å². The molecular formula is C10H21ClN2O2. The number of ether oxygens (including phenoxy) is 1. The molecule has 2 unspecified atom stereocenters. The lowest BCUT2D eigenvalue weighted by molar-refractivity contribution is -0.132. The normalized spacial score (nSPS) is 23.1. The fourth-order valence-electron chi connectivity index (χ4n) is 1.50. The standard InChI is InChI=1S/C10H20N2O2.ClH/c1-4-14-9-7-8(9)10(13)12(3)6-5-11-2;/h8-9,11H,4-7H2,1-3H3;1H. The van der Waals surface area contributed by atoms with Crippen molar-refractivity contribution >= 4 is 18.3 Å². The molecule has 0 radical (unpaired) electrons. The lowest BCUT2D eigenvalue weighted by Gasteiger charge is -2.16. The number of rotatable bonds is 6. The second-order valence-electron chi connectivity index (χ2n) is 3.70. The zero-order valence-corrected chi connectivity index (χ0v) is 10.5. The van der Waals surface area contributed by atoms with Gasteiger partial charge in [0.05, 0.1) is 12.0 Å². The van der Waals surface area contributed by atoms with E-state index >= 15 is 0 Å². The molecule has 2 atom stereocenters. The molecule has 1 rings (SSSR count). The minimum atomic E-state index is 0. The second-order valence-corrected chi connectivity index (χ2v) is 3.70. The Morgan fingerprint density at radius 2 is 2.27 bits per heavy atom. The van der Waals surface area contributed by atoms with Crippen molar-refractivity contribution in [2.75, 3.05) is 33.8 Å². The zero-order valence-electron chi connectivity index (χ0n) is 9.66. The summed E-state index contributed by atoms with van der Waals surface area (Å²) in [6.45, 7) is 4.28. The van der Waals surface area contributed by atoms with Gasteiger partial charge in [-0.25, -0.2) is 0 Å². The van der Waals surface area contributed by atoms with Crippen LogP contribution < -0.4 is 5.32 Å². The molecule has 0 saturated heterocycles. The number of halogens is 1. The average Bonchev–Trinajstić information content (AvgIpc) is 2.93. The Morgan fingerprint density at radius 3 is 2.80 bits per heavy atom. The summed E-state index contributed by atoms with van der Waals surface area (Å²) < 4.78 is 5.38. The van der Waals surface area contributed by atoms with Gasteiger partial charge in [-0.15, -0.1) is 12.4 Å². The molecule has 1 aliphatic carbocycles. The monoisotopic (exact) mass is 236 g/mol. The summed E-state index contributed by atoms with van der Waals surface area (Å²) in [6, 6.07) is 0. The summed E-state index contributed by atoms with van der Waals surface area (Å²) in [7, 11) is 3.74. The minimum absolute atomic E-state index is 0. The lowest BCUT2D eigenvalue weighted by Crippen LogP contribution is -2.34. The summed E-state index contributed by atoms with van der Waals surface area (Å²) in [5.41, 5.74) is 0. The molecule has 0 aromatic rings. The molecule has 5 heteroatoms. The van der Waals surface area contributed by atoms with E-state index in [1.807, 2.05) is 21.0 Å². The first-order valence-corrected chi connectivity index (χ1v) is 5.21. The number of likely N-dealkylation sites (N-methyl/N-ethyl adjacent to an activating group) is 2. The largest absolute Gasteiger partial charge is 0.378 e. The van der Waals surface area contributed by atoms with E-state index in [1.165, 1.54) is 0 Å². The van der Waals surface area contributed by atoms with E-state index in [0.29, 0.717) is 6.61 Å². The topological polar surface area (TPSA) is 41.6 Å². The highest BCUT2D eigenvalue weighted by molar-refractivity contribution is 5.85. The molecular weight excluding hydrogens is 216 g/mol. The van der Waals surface area contributed by atoms with E-state index in [4.69, 9.17) is 4.74 Å². The third-order valence-electron chi connectivity index (χ3n) is 2.50. The number of hydrogen-bond acceptors (Lipinski definition) is 3. The van der Waals surface area contributed by atoms with Crippen LogP contribution in [0.4, 0.5) is 0 Å². The molecule has 0 aliphatic heterocycles. The van der Waals surface area contributed by atoms with Gasteiger partial charge in [0, 0.05) is 26.7 Å². The van der Waals surface area contributed by atoms with Crippen molar-refractivity contribution in [2.45, 2.75) is 19.4 Å². The molecule has 1 aliphatic rings. The fourth-order valence-corrected chi connectivity index (χ4v) is 1.50. The molecule has 1 N–H and O–H groups in total. The van der Waals surface area contributed by atoms with Crippen LogP contribution in [0.15, 0.2) is 0 Å². The highest BCUT2D eigenvalue weighted by Crippen LogP contribution is 2.34. The average molecular weight is 237 g/mol. The highest BCUT2D eigenvalue weighted by atomic mass is 35.5. The number of hydrogen-bond donors (Lipinski definition) is 1. The van der Waals surface area contributed by atoms with E-state index in [2.05, 4.69) is 5.32 Å². The fraction of sp³-hybridized carbons (Fsp3) is 0.900. The quantitative estimate of drug-likeness (QED) is 0.731. The molecule has 4 nitrogen and oxygen atoms in total. The van der Waals surface area contributed by atoms with Crippen molar-refractivity contribution in [3.05, 3.63) is 0 Å². The van der Waals surface area contributed by atoms with Crippen LogP contribution in [0.2, 0.25) is 0 Å². The van der Waals surface area contributed by atoms with Crippen molar-refractivity contribution in [2.24, 2.45) is 5.92 Å². The Labute approximate surface area is 97.8 Å². The second kappa shape index (κ2) is 7.04. The van der Waals surface area contributed by atoms with E-state index in [-0.39, 0.29) is 30.3 Å². The molecule has 1 amide bonds. The predicted molar refractivity (Wildman–Crippen MR) is 62.3 cm³/mol. The van der Waals surface area contributed by atoms with Crippen molar-refractivity contribution in [1.82, 2.24) is 10.2 Å². The van der Waals surface area contributed by atoms with E-state index in [9.17, 15) is 4.79 Å². The Morgan fingerprint density at radius 1 is 1.60 bits per heavy atom. The van der Waals surface area contributed by atoms with Gasteiger partial charge in [0.1, 0.15) is 0 Å². The van der Waals surface area contributed by atoms with Crippen molar-refractivity contribution in [3.63, 3.8) is 0 Å². The SMILES string of the molecule is CCOC1CC1C(=O)N(C)CCNC.Cl. The third kappa shape index (κ3) is 4.36. The lowest BCUT2D eigenvalue weighted by atomic mass is 10.3. The first-order valence-electron chi connectivity index (χ1n) is 5.21. The summed E-state index contributed by atoms with van der Waals surface area (Å²) >= 11 is 0. The molecule has 1 fully saturated rings. The first-order chi connectivity index (χ1) is 6.70. The van der Waals surface area contributed by atoms with Crippen molar-refractivity contribution in [3.8, 4) is 0 Å². The van der Waals surface area contributed by atoms with Crippen LogP contribution in [-0.2, 0) is 9.53 Å². The molecule has 0 spiro atoms. The van der Waals surface area contributed by atoms with Gasteiger partial charge >= 0.3 is 0 Å². The van der Waals surface area contributed by atoms with Crippen LogP contribution in [0.1, 0.15) is 13.3 Å². The summed E-state index contributed by atoms with van der Waals surface area (Å²) in [4.78, 5) is 13.5. The number of amides is 1. The highest BCUT2D eigenvalue weighted by Gasteiger charge is 2.45. The Balaban J connectivity index is 0.00000196. The van der Waals surface area contributed by atoms with E-state index in [0.717, 1.165) is 19.5 Å². The van der Waals surface area contributed by atoms with Gasteiger partial charge in [-0.1, -0.05) is 0 Å². The Bertz CT molecular complexity index is 198. The molecule has 90 valence electrons. The maximum absolute atomic E-state index is 11.7. The molecule has 0 aromatic carbocycles. The van der Waals surface area contributed by atoms with Crippen LogP contribution in [0.3, 0.4) is 0 Å². The van der Waals surface area contributed by atoms with Crippen LogP contribution >= 0.6 is 12.4 Å². The minimum Gasteiger partial charge on any atom is -0.378 e. The van der Waals surface area contributed by atoms with Gasteiger partial charge in [0.25, 0.3) is 0 Å².